The number of hydrogen-bond donors (Lipinski definition) is 1. The van der Waals surface area contributed by atoms with Gasteiger partial charge in [0.05, 0.1) is 10.7 Å². The van der Waals surface area contributed by atoms with Crippen LogP contribution in [0, 0.1) is 0 Å². The first-order chi connectivity index (χ1) is 6.70. The maximum Gasteiger partial charge on any atom is 0.285 e. The van der Waals surface area contributed by atoms with Gasteiger partial charge in [-0.1, -0.05) is 23.7 Å². The van der Waals surface area contributed by atoms with Crippen LogP contribution >= 0.6 is 11.6 Å². The van der Waals surface area contributed by atoms with E-state index in [1.54, 1.807) is 11.0 Å². The van der Waals surface area contributed by atoms with Crippen molar-refractivity contribution < 1.29 is 22.9 Å². The van der Waals surface area contributed by atoms with Gasteiger partial charge in [0, 0.05) is 13.0 Å². The van der Waals surface area contributed by atoms with Gasteiger partial charge in [0.25, 0.3) is 5.91 Å². The fourth-order valence-electron chi connectivity index (χ4n) is 1.65. The standard InChI is InChI=1S/C10H11ClN2O.ClH/c11-7-3-1-2-4-9(7)13-6-5-8(12)10(13)14;/h1-4,8H,5-6,12H2;1H/t8-;/m0./s1. The number of carbonyl (C=O) groups is 1. The van der Waals surface area contributed by atoms with Crippen molar-refractivity contribution in [3.05, 3.63) is 29.3 Å². The molecule has 3 nitrogen and oxygen atoms in total. The van der Waals surface area contributed by atoms with Gasteiger partial charge >= 0.3 is 0 Å². The largest absolute Gasteiger partial charge is 1.00 e. The Labute approximate surface area is 99.6 Å². The van der Waals surface area contributed by atoms with Crippen molar-refractivity contribution >= 4 is 23.2 Å². The van der Waals surface area contributed by atoms with Crippen molar-refractivity contribution in [2.24, 2.45) is 0 Å². The molecule has 0 unspecified atom stereocenters. The van der Waals surface area contributed by atoms with Gasteiger partial charge in [-0.15, -0.1) is 0 Å². The van der Waals surface area contributed by atoms with Crippen LogP contribution in [0.1, 0.15) is 6.42 Å². The van der Waals surface area contributed by atoms with Crippen LogP contribution in [0.15, 0.2) is 24.3 Å². The third-order valence-electron chi connectivity index (χ3n) is 2.46. The van der Waals surface area contributed by atoms with E-state index < -0.39 is 0 Å². The van der Waals surface area contributed by atoms with Crippen LogP contribution in [0.4, 0.5) is 5.69 Å². The fraction of sp³-hybridized carbons (Fsp3) is 0.300. The molecule has 0 bridgehead atoms. The van der Waals surface area contributed by atoms with E-state index in [0.29, 0.717) is 5.02 Å². The van der Waals surface area contributed by atoms with Crippen molar-refractivity contribution in [2.45, 2.75) is 12.5 Å². The number of rotatable bonds is 1. The zero-order chi connectivity index (χ0) is 10.1. The number of anilines is 1. The Morgan fingerprint density at radius 2 is 2.07 bits per heavy atom. The molecule has 3 N–H and O–H groups in total. The van der Waals surface area contributed by atoms with E-state index in [9.17, 15) is 4.79 Å². The highest BCUT2D eigenvalue weighted by molar-refractivity contribution is 6.33. The number of benzene rings is 1. The molecule has 1 atom stereocenters. The minimum Gasteiger partial charge on any atom is -1.00 e. The number of amides is 1. The van der Waals surface area contributed by atoms with Crippen LogP contribution in [-0.2, 0) is 4.79 Å². The lowest BCUT2D eigenvalue weighted by atomic mass is 10.3. The maximum absolute atomic E-state index is 11.7. The first-order valence-corrected chi connectivity index (χ1v) is 4.97. The van der Waals surface area contributed by atoms with Crippen LogP contribution < -0.4 is 23.0 Å². The van der Waals surface area contributed by atoms with Crippen LogP contribution in [-0.4, -0.2) is 18.5 Å². The van der Waals surface area contributed by atoms with Crippen LogP contribution in [0.2, 0.25) is 5.02 Å². The predicted molar refractivity (Wildman–Crippen MR) is 55.1 cm³/mol. The summed E-state index contributed by atoms with van der Waals surface area (Å²) in [6.45, 7) is 0.719. The number of carbonyl (C=O) groups excluding carboxylic acids is 1. The Kier molecular flexibility index (Phi) is 3.97. The maximum atomic E-state index is 11.7. The number of nitrogens with zero attached hydrogens (tertiary/aromatic N) is 1. The van der Waals surface area contributed by atoms with Crippen molar-refractivity contribution in [2.75, 3.05) is 11.4 Å². The molecule has 0 aliphatic carbocycles. The van der Waals surface area contributed by atoms with Gasteiger partial charge in [-0.25, -0.2) is 0 Å². The Morgan fingerprint density at radius 3 is 2.60 bits per heavy atom. The van der Waals surface area contributed by atoms with E-state index in [4.69, 9.17) is 11.6 Å². The van der Waals surface area contributed by atoms with Gasteiger partial charge in [0.15, 0.2) is 6.04 Å². The molecular weight excluding hydrogens is 235 g/mol. The van der Waals surface area contributed by atoms with Gasteiger partial charge in [0.2, 0.25) is 0 Å². The molecule has 1 fully saturated rings. The second-order valence-corrected chi connectivity index (χ2v) is 3.83. The molecule has 1 saturated heterocycles. The third-order valence-corrected chi connectivity index (χ3v) is 2.78. The lowest BCUT2D eigenvalue weighted by molar-refractivity contribution is -0.400. The number of para-hydroxylation sites is 1. The molecule has 1 heterocycles. The topological polar surface area (TPSA) is 48.0 Å². The van der Waals surface area contributed by atoms with E-state index in [0.717, 1.165) is 18.7 Å². The van der Waals surface area contributed by atoms with E-state index in [-0.39, 0.29) is 24.4 Å². The molecule has 0 radical (unpaired) electrons. The normalized spacial score (nSPS) is 20.3. The van der Waals surface area contributed by atoms with Crippen LogP contribution in [0.5, 0.6) is 0 Å². The Morgan fingerprint density at radius 1 is 1.40 bits per heavy atom. The summed E-state index contributed by atoms with van der Waals surface area (Å²) >= 11 is 6.00. The Bertz CT molecular complexity index is 370. The van der Waals surface area contributed by atoms with Crippen LogP contribution in [0.25, 0.3) is 0 Å². The summed E-state index contributed by atoms with van der Waals surface area (Å²) in [6, 6.07) is 7.27. The summed E-state index contributed by atoms with van der Waals surface area (Å²) in [5.74, 6) is 0.0677. The summed E-state index contributed by atoms with van der Waals surface area (Å²) in [6.07, 6.45) is 0.810. The second kappa shape index (κ2) is 4.84. The van der Waals surface area contributed by atoms with Gasteiger partial charge in [-0.05, 0) is 12.1 Å². The number of quaternary nitrogens is 1. The molecular formula is C10H12Cl2N2O. The minimum atomic E-state index is -0.119. The summed E-state index contributed by atoms with van der Waals surface area (Å²) in [5, 5.41) is 0.620. The quantitative estimate of drug-likeness (QED) is 0.595. The SMILES string of the molecule is [Cl-].[NH3+][C@H]1CCN(c2ccccc2Cl)C1=O. The smallest absolute Gasteiger partial charge is 0.285 e. The Hall–Kier alpha value is -0.770. The number of halogens is 2. The zero-order valence-corrected chi connectivity index (χ0v) is 9.63. The zero-order valence-electron chi connectivity index (χ0n) is 8.12. The van der Waals surface area contributed by atoms with Gasteiger partial charge in [-0.3, -0.25) is 4.79 Å². The highest BCUT2D eigenvalue weighted by Crippen LogP contribution is 2.28. The van der Waals surface area contributed by atoms with Gasteiger partial charge < -0.3 is 23.0 Å². The average Bonchev–Trinajstić information content (AvgIpc) is 2.49. The number of hydrogen-bond acceptors (Lipinski definition) is 1. The Balaban J connectivity index is 0.00000112. The monoisotopic (exact) mass is 246 g/mol. The highest BCUT2D eigenvalue weighted by atomic mass is 35.5. The van der Waals surface area contributed by atoms with E-state index in [1.807, 2.05) is 18.2 Å². The third kappa shape index (κ3) is 2.25. The minimum absolute atomic E-state index is 0. The summed E-state index contributed by atoms with van der Waals surface area (Å²) in [7, 11) is 0. The summed E-state index contributed by atoms with van der Waals surface area (Å²) in [5.41, 5.74) is 4.59. The molecule has 5 heteroatoms. The molecule has 1 aliphatic rings. The molecule has 2 rings (SSSR count). The van der Waals surface area contributed by atoms with Crippen molar-refractivity contribution in [1.29, 1.82) is 0 Å². The average molecular weight is 247 g/mol. The van der Waals surface area contributed by atoms with Crippen LogP contribution in [0.3, 0.4) is 0 Å². The molecule has 1 aromatic carbocycles. The lowest BCUT2D eigenvalue weighted by Gasteiger charge is -2.16. The van der Waals surface area contributed by atoms with E-state index >= 15 is 0 Å². The van der Waals surface area contributed by atoms with Crippen molar-refractivity contribution in [1.82, 2.24) is 0 Å². The second-order valence-electron chi connectivity index (χ2n) is 3.43. The van der Waals surface area contributed by atoms with Crippen molar-refractivity contribution in [3.8, 4) is 0 Å². The van der Waals surface area contributed by atoms with Gasteiger partial charge in [-0.2, -0.15) is 0 Å². The molecule has 1 aliphatic heterocycles. The predicted octanol–water partition coefficient (Wildman–Crippen LogP) is -2.31. The molecule has 1 amide bonds. The lowest BCUT2D eigenvalue weighted by Crippen LogP contribution is -3.00. The molecule has 82 valence electrons. The molecule has 1 aromatic rings. The molecule has 15 heavy (non-hydrogen) atoms. The molecule has 0 spiro atoms. The van der Waals surface area contributed by atoms with Crippen molar-refractivity contribution in [3.63, 3.8) is 0 Å². The van der Waals surface area contributed by atoms with Gasteiger partial charge in [0.1, 0.15) is 0 Å². The first-order valence-electron chi connectivity index (χ1n) is 4.59. The molecule has 0 aromatic heterocycles. The highest BCUT2D eigenvalue weighted by Gasteiger charge is 2.33. The fourth-order valence-corrected chi connectivity index (χ4v) is 1.89. The summed E-state index contributed by atoms with van der Waals surface area (Å²) < 4.78 is 0. The first kappa shape index (κ1) is 12.3. The van der Waals surface area contributed by atoms with E-state index in [1.165, 1.54) is 0 Å². The molecule has 0 saturated carbocycles. The summed E-state index contributed by atoms with van der Waals surface area (Å²) in [4.78, 5) is 13.4. The van der Waals surface area contributed by atoms with E-state index in [2.05, 4.69) is 5.73 Å².